The maximum Gasteiger partial charge on any atom is 0.239 e. The van der Waals surface area contributed by atoms with Crippen LogP contribution in [0.1, 0.15) is 13.8 Å². The molecule has 1 heterocycles. The van der Waals surface area contributed by atoms with Gasteiger partial charge in [0.2, 0.25) is 23.1 Å². The second-order valence-electron chi connectivity index (χ2n) is 4.20. The Balaban J connectivity index is 2.64. The third-order valence-corrected chi connectivity index (χ3v) is 2.02. The van der Waals surface area contributed by atoms with Gasteiger partial charge in [0.15, 0.2) is 0 Å². The Bertz CT molecular complexity index is 423. The normalized spacial score (nSPS) is 10.3. The van der Waals surface area contributed by atoms with E-state index in [-0.39, 0.29) is 29.7 Å². The number of carbonyl (C=O) groups is 1. The molecule has 18 heavy (non-hydrogen) atoms. The highest BCUT2D eigenvalue weighted by atomic mass is 35.5. The van der Waals surface area contributed by atoms with Crippen LogP contribution < -0.4 is 15.5 Å². The molecule has 0 bridgehead atoms. The molecule has 8 heteroatoms. The molecule has 100 valence electrons. The number of rotatable bonds is 5. The number of anilines is 2. The van der Waals surface area contributed by atoms with Crippen LogP contribution in [-0.4, -0.2) is 47.5 Å². The molecule has 7 nitrogen and oxygen atoms in total. The summed E-state index contributed by atoms with van der Waals surface area (Å²) in [6.07, 6.45) is 0. The number of amides is 1. The van der Waals surface area contributed by atoms with E-state index in [1.165, 1.54) is 0 Å². The SMILES string of the molecule is CC(C)NC(=O)CNc1nc(Cl)nc(N(C)C)n1. The number of nitrogens with one attached hydrogen (secondary N) is 2. The number of aromatic nitrogens is 3. The summed E-state index contributed by atoms with van der Waals surface area (Å²) in [4.78, 5) is 25.1. The van der Waals surface area contributed by atoms with Gasteiger partial charge >= 0.3 is 0 Å². The van der Waals surface area contributed by atoms with Crippen molar-refractivity contribution in [2.24, 2.45) is 0 Å². The largest absolute Gasteiger partial charge is 0.352 e. The molecular weight excluding hydrogens is 256 g/mol. The van der Waals surface area contributed by atoms with Gasteiger partial charge in [-0.2, -0.15) is 15.0 Å². The van der Waals surface area contributed by atoms with Gasteiger partial charge in [-0.15, -0.1) is 0 Å². The lowest BCUT2D eigenvalue weighted by Crippen LogP contribution is -2.35. The first kappa shape index (κ1) is 14.4. The monoisotopic (exact) mass is 272 g/mol. The van der Waals surface area contributed by atoms with Crippen LogP contribution in [0.2, 0.25) is 5.28 Å². The summed E-state index contributed by atoms with van der Waals surface area (Å²) >= 11 is 5.76. The van der Waals surface area contributed by atoms with Crippen LogP contribution in [0.3, 0.4) is 0 Å². The lowest BCUT2D eigenvalue weighted by Gasteiger charge is -2.12. The van der Waals surface area contributed by atoms with Crippen LogP contribution in [0, 0.1) is 0 Å². The summed E-state index contributed by atoms with van der Waals surface area (Å²) in [5.41, 5.74) is 0. The van der Waals surface area contributed by atoms with Gasteiger partial charge < -0.3 is 15.5 Å². The zero-order chi connectivity index (χ0) is 13.7. The molecule has 0 aliphatic heterocycles. The summed E-state index contributed by atoms with van der Waals surface area (Å²) in [6, 6.07) is 0.0959. The summed E-state index contributed by atoms with van der Waals surface area (Å²) in [7, 11) is 3.59. The highest BCUT2D eigenvalue weighted by Crippen LogP contribution is 2.10. The number of carbonyl (C=O) groups excluding carboxylic acids is 1. The molecule has 1 amide bonds. The van der Waals surface area contributed by atoms with Gasteiger partial charge in [0.05, 0.1) is 6.54 Å². The number of hydrogen-bond acceptors (Lipinski definition) is 6. The molecular formula is C10H17ClN6O. The van der Waals surface area contributed by atoms with Crippen LogP contribution >= 0.6 is 11.6 Å². The van der Waals surface area contributed by atoms with E-state index in [0.717, 1.165) is 0 Å². The van der Waals surface area contributed by atoms with E-state index < -0.39 is 0 Å². The first-order chi connectivity index (χ1) is 8.38. The maximum atomic E-state index is 11.4. The Labute approximate surface area is 111 Å². The molecule has 0 saturated carbocycles. The average molecular weight is 273 g/mol. The van der Waals surface area contributed by atoms with Gasteiger partial charge in [-0.05, 0) is 25.4 Å². The zero-order valence-corrected chi connectivity index (χ0v) is 11.6. The molecule has 0 fully saturated rings. The first-order valence-electron chi connectivity index (χ1n) is 5.50. The molecule has 0 aliphatic rings. The average Bonchev–Trinajstić information content (AvgIpc) is 2.24. The fourth-order valence-electron chi connectivity index (χ4n) is 1.15. The summed E-state index contributed by atoms with van der Waals surface area (Å²) in [5.74, 6) is 0.576. The Kier molecular flexibility index (Phi) is 5.08. The molecule has 0 unspecified atom stereocenters. The minimum absolute atomic E-state index is 0.0838. The van der Waals surface area contributed by atoms with Gasteiger partial charge in [0.1, 0.15) is 0 Å². The molecule has 1 rings (SSSR count). The van der Waals surface area contributed by atoms with E-state index in [9.17, 15) is 4.79 Å². The second-order valence-corrected chi connectivity index (χ2v) is 4.54. The van der Waals surface area contributed by atoms with E-state index in [0.29, 0.717) is 5.95 Å². The molecule has 1 aromatic heterocycles. The van der Waals surface area contributed by atoms with E-state index in [4.69, 9.17) is 11.6 Å². The van der Waals surface area contributed by atoms with Crippen LogP contribution in [0.5, 0.6) is 0 Å². The van der Waals surface area contributed by atoms with Gasteiger partial charge in [0, 0.05) is 20.1 Å². The third-order valence-electron chi connectivity index (χ3n) is 1.85. The topological polar surface area (TPSA) is 83.0 Å². The quantitative estimate of drug-likeness (QED) is 0.813. The fourth-order valence-corrected chi connectivity index (χ4v) is 1.31. The summed E-state index contributed by atoms with van der Waals surface area (Å²) in [5, 5.41) is 5.63. The summed E-state index contributed by atoms with van der Waals surface area (Å²) < 4.78 is 0. The third kappa shape index (κ3) is 4.70. The molecule has 0 saturated heterocycles. The van der Waals surface area contributed by atoms with Gasteiger partial charge in [0.25, 0.3) is 0 Å². The van der Waals surface area contributed by atoms with Crippen LogP contribution in [-0.2, 0) is 4.79 Å². The van der Waals surface area contributed by atoms with Crippen molar-refractivity contribution in [3.63, 3.8) is 0 Å². The Hall–Kier alpha value is -1.63. The van der Waals surface area contributed by atoms with Crippen molar-refractivity contribution < 1.29 is 4.79 Å². The van der Waals surface area contributed by atoms with E-state index in [1.807, 2.05) is 13.8 Å². The van der Waals surface area contributed by atoms with Crippen LogP contribution in [0.25, 0.3) is 0 Å². The molecule has 0 radical (unpaired) electrons. The minimum Gasteiger partial charge on any atom is -0.352 e. The smallest absolute Gasteiger partial charge is 0.239 e. The van der Waals surface area contributed by atoms with Crippen molar-refractivity contribution in [2.75, 3.05) is 30.9 Å². The second kappa shape index (κ2) is 6.34. The summed E-state index contributed by atoms with van der Waals surface area (Å²) in [6.45, 7) is 3.87. The fraction of sp³-hybridized carbons (Fsp3) is 0.600. The number of halogens is 1. The van der Waals surface area contributed by atoms with Crippen molar-refractivity contribution in [3.8, 4) is 0 Å². The first-order valence-corrected chi connectivity index (χ1v) is 5.88. The standard InChI is InChI=1S/C10H17ClN6O/c1-6(2)13-7(18)5-12-9-14-8(11)15-10(16-9)17(3)4/h6H,5H2,1-4H3,(H,13,18)(H,12,14,15,16). The molecule has 0 aromatic carbocycles. The van der Waals surface area contributed by atoms with Crippen molar-refractivity contribution in [2.45, 2.75) is 19.9 Å². The van der Waals surface area contributed by atoms with Gasteiger partial charge in [-0.3, -0.25) is 4.79 Å². The van der Waals surface area contributed by atoms with Gasteiger partial charge in [-0.1, -0.05) is 0 Å². The lowest BCUT2D eigenvalue weighted by molar-refractivity contribution is -0.119. The molecule has 2 N–H and O–H groups in total. The van der Waals surface area contributed by atoms with Crippen LogP contribution in [0.4, 0.5) is 11.9 Å². The number of hydrogen-bond donors (Lipinski definition) is 2. The highest BCUT2D eigenvalue weighted by molar-refractivity contribution is 6.28. The maximum absolute atomic E-state index is 11.4. The van der Waals surface area contributed by atoms with E-state index in [1.54, 1.807) is 19.0 Å². The van der Waals surface area contributed by atoms with Crippen LogP contribution in [0.15, 0.2) is 0 Å². The van der Waals surface area contributed by atoms with Crippen molar-refractivity contribution in [3.05, 3.63) is 5.28 Å². The lowest BCUT2D eigenvalue weighted by atomic mass is 10.4. The molecule has 1 aromatic rings. The van der Waals surface area contributed by atoms with Crippen molar-refractivity contribution >= 4 is 29.4 Å². The predicted octanol–water partition coefficient (Wildman–Crippen LogP) is 0.527. The molecule has 0 atom stereocenters. The molecule has 0 aliphatic carbocycles. The Morgan fingerprint density at radius 3 is 2.56 bits per heavy atom. The van der Waals surface area contributed by atoms with E-state index >= 15 is 0 Å². The number of nitrogens with zero attached hydrogens (tertiary/aromatic N) is 4. The minimum atomic E-state index is -0.132. The van der Waals surface area contributed by atoms with Crippen molar-refractivity contribution in [1.82, 2.24) is 20.3 Å². The van der Waals surface area contributed by atoms with E-state index in [2.05, 4.69) is 25.6 Å². The highest BCUT2D eigenvalue weighted by Gasteiger charge is 2.08. The zero-order valence-electron chi connectivity index (χ0n) is 10.9. The van der Waals surface area contributed by atoms with Gasteiger partial charge in [-0.25, -0.2) is 0 Å². The Morgan fingerprint density at radius 1 is 1.33 bits per heavy atom. The predicted molar refractivity (Wildman–Crippen MR) is 70.9 cm³/mol. The van der Waals surface area contributed by atoms with Crippen molar-refractivity contribution in [1.29, 1.82) is 0 Å². The Morgan fingerprint density at radius 2 is 2.00 bits per heavy atom. The molecule has 0 spiro atoms.